The number of phenols is 1. The molecule has 1 saturated heterocycles. The summed E-state index contributed by atoms with van der Waals surface area (Å²) < 4.78 is 11.2. The molecule has 6 heteroatoms. The minimum atomic E-state index is -0.575. The van der Waals surface area contributed by atoms with Crippen LogP contribution in [-0.4, -0.2) is 34.6 Å². The fourth-order valence-electron chi connectivity index (χ4n) is 3.29. The third-order valence-corrected chi connectivity index (χ3v) is 7.73. The first kappa shape index (κ1) is 19.5. The number of Topliss-reactive ketones (excluding diaryl/α,β-unsaturated/α-hetero) is 1. The molecule has 1 aromatic rings. The first-order valence-corrected chi connectivity index (χ1v) is 11.0. The number of allylic oxidation sites excluding steroid dienone is 2. The number of hydrogen-bond acceptors (Lipinski definition) is 6. The SMILES string of the molecule is CC(C)OC1=C(OC(C)C)[C@H](C2(c3ccccc3O)SCCCS2)C1=O. The maximum Gasteiger partial charge on any atom is 0.214 e. The Morgan fingerprint density at radius 3 is 2.27 bits per heavy atom. The lowest BCUT2D eigenvalue weighted by atomic mass is 9.81. The number of carbonyl (C=O) groups excluding carboxylic acids is 1. The molecule has 1 aliphatic carbocycles. The number of aromatic hydroxyl groups is 1. The Balaban J connectivity index is 2.08. The van der Waals surface area contributed by atoms with Crippen molar-refractivity contribution >= 4 is 29.3 Å². The Morgan fingerprint density at radius 1 is 1.08 bits per heavy atom. The number of ether oxygens (including phenoxy) is 2. The lowest BCUT2D eigenvalue weighted by Crippen LogP contribution is -2.47. The van der Waals surface area contributed by atoms with Crippen molar-refractivity contribution in [3.8, 4) is 5.75 Å². The van der Waals surface area contributed by atoms with E-state index in [0.717, 1.165) is 23.5 Å². The summed E-state index contributed by atoms with van der Waals surface area (Å²) in [5.41, 5.74) is 0.793. The minimum Gasteiger partial charge on any atom is -0.508 e. The summed E-state index contributed by atoms with van der Waals surface area (Å²) in [6, 6.07) is 7.33. The fraction of sp³-hybridized carbons (Fsp3) is 0.550. The Bertz CT molecular complexity index is 706. The van der Waals surface area contributed by atoms with Gasteiger partial charge in [-0.25, -0.2) is 0 Å². The van der Waals surface area contributed by atoms with E-state index in [0.29, 0.717) is 11.5 Å². The number of thioether (sulfide) groups is 2. The first-order valence-electron chi connectivity index (χ1n) is 9.05. The molecule has 0 bridgehead atoms. The van der Waals surface area contributed by atoms with Crippen LogP contribution in [0.1, 0.15) is 39.7 Å². The average Bonchev–Trinajstić information content (AvgIpc) is 2.60. The molecule has 0 aromatic heterocycles. The van der Waals surface area contributed by atoms with Crippen LogP contribution in [-0.2, 0) is 18.3 Å². The van der Waals surface area contributed by atoms with E-state index in [1.54, 1.807) is 29.6 Å². The first-order chi connectivity index (χ1) is 12.4. The lowest BCUT2D eigenvalue weighted by molar-refractivity contribution is -0.130. The van der Waals surface area contributed by atoms with Crippen LogP contribution in [0.15, 0.2) is 35.8 Å². The molecule has 1 aliphatic heterocycles. The number of benzene rings is 1. The van der Waals surface area contributed by atoms with Crippen LogP contribution in [0.5, 0.6) is 5.75 Å². The van der Waals surface area contributed by atoms with Crippen molar-refractivity contribution in [1.29, 1.82) is 0 Å². The average molecular weight is 395 g/mol. The highest BCUT2D eigenvalue weighted by Gasteiger charge is 2.58. The van der Waals surface area contributed by atoms with Gasteiger partial charge in [-0.05, 0) is 51.7 Å². The maximum absolute atomic E-state index is 13.1. The lowest BCUT2D eigenvalue weighted by Gasteiger charge is -2.47. The molecule has 0 amide bonds. The fourth-order valence-corrected chi connectivity index (χ4v) is 6.91. The Hall–Kier alpha value is -1.27. The summed E-state index contributed by atoms with van der Waals surface area (Å²) in [6.07, 6.45) is 0.949. The normalized spacial score (nSPS) is 22.5. The van der Waals surface area contributed by atoms with E-state index >= 15 is 0 Å². The summed E-state index contributed by atoms with van der Waals surface area (Å²) in [6.45, 7) is 7.72. The van der Waals surface area contributed by atoms with Gasteiger partial charge in [-0.1, -0.05) is 18.2 Å². The van der Waals surface area contributed by atoms with Crippen LogP contribution in [0.3, 0.4) is 0 Å². The molecule has 0 radical (unpaired) electrons. The molecule has 1 fully saturated rings. The highest BCUT2D eigenvalue weighted by molar-refractivity contribution is 8.18. The van der Waals surface area contributed by atoms with Crippen molar-refractivity contribution in [1.82, 2.24) is 0 Å². The van der Waals surface area contributed by atoms with Crippen molar-refractivity contribution in [3.63, 3.8) is 0 Å². The zero-order chi connectivity index (χ0) is 18.9. The molecule has 26 heavy (non-hydrogen) atoms. The smallest absolute Gasteiger partial charge is 0.214 e. The van der Waals surface area contributed by atoms with Gasteiger partial charge in [0.15, 0.2) is 5.76 Å². The van der Waals surface area contributed by atoms with E-state index in [1.807, 2.05) is 45.9 Å². The molecule has 142 valence electrons. The molecule has 1 aromatic carbocycles. The molecular weight excluding hydrogens is 368 g/mol. The molecule has 1 atom stereocenters. The second-order valence-electron chi connectivity index (χ2n) is 7.06. The van der Waals surface area contributed by atoms with Gasteiger partial charge in [0.1, 0.15) is 15.7 Å². The van der Waals surface area contributed by atoms with Gasteiger partial charge in [-0.3, -0.25) is 4.79 Å². The van der Waals surface area contributed by atoms with E-state index in [1.165, 1.54) is 0 Å². The number of hydrogen-bond donors (Lipinski definition) is 1. The zero-order valence-corrected chi connectivity index (χ0v) is 17.3. The molecule has 2 aliphatic rings. The second kappa shape index (κ2) is 7.77. The molecular formula is C20H26O4S2. The second-order valence-corrected chi connectivity index (χ2v) is 10.00. The van der Waals surface area contributed by atoms with Gasteiger partial charge in [0, 0.05) is 5.56 Å². The van der Waals surface area contributed by atoms with Crippen LogP contribution in [0, 0.1) is 5.92 Å². The Morgan fingerprint density at radius 2 is 1.69 bits per heavy atom. The quantitative estimate of drug-likeness (QED) is 0.756. The van der Waals surface area contributed by atoms with Crippen molar-refractivity contribution < 1.29 is 19.4 Å². The number of carbonyl (C=O) groups is 1. The van der Waals surface area contributed by atoms with Crippen molar-refractivity contribution in [2.45, 2.75) is 50.4 Å². The van der Waals surface area contributed by atoms with Gasteiger partial charge in [0.05, 0.1) is 12.2 Å². The van der Waals surface area contributed by atoms with Gasteiger partial charge in [0.2, 0.25) is 11.5 Å². The van der Waals surface area contributed by atoms with Crippen molar-refractivity contribution in [2.24, 2.45) is 5.92 Å². The Kier molecular flexibility index (Phi) is 5.82. The maximum atomic E-state index is 13.1. The summed E-state index contributed by atoms with van der Waals surface area (Å²) in [7, 11) is 0. The van der Waals surface area contributed by atoms with Gasteiger partial charge < -0.3 is 14.6 Å². The van der Waals surface area contributed by atoms with Crippen molar-refractivity contribution in [2.75, 3.05) is 11.5 Å². The molecule has 0 saturated carbocycles. The topological polar surface area (TPSA) is 55.8 Å². The molecule has 1 N–H and O–H groups in total. The predicted octanol–water partition coefficient (Wildman–Crippen LogP) is 4.68. The standard InChI is InChI=1S/C20H26O4S2/c1-12(2)23-18-16(17(22)19(18)24-13(3)4)20(25-10-7-11-26-20)14-8-5-6-9-15(14)21/h5-6,8-9,12-13,16,21H,7,10-11H2,1-4H3/t16-/m1/s1. The number of ketones is 1. The van der Waals surface area contributed by atoms with E-state index in [4.69, 9.17) is 9.47 Å². The van der Waals surface area contributed by atoms with Gasteiger partial charge >= 0.3 is 0 Å². The molecule has 3 rings (SSSR count). The summed E-state index contributed by atoms with van der Waals surface area (Å²) >= 11 is 3.46. The van der Waals surface area contributed by atoms with E-state index in [2.05, 4.69) is 0 Å². The number of para-hydroxylation sites is 1. The van der Waals surface area contributed by atoms with Crippen LogP contribution < -0.4 is 0 Å². The monoisotopic (exact) mass is 394 g/mol. The van der Waals surface area contributed by atoms with Gasteiger partial charge in [-0.2, -0.15) is 0 Å². The van der Waals surface area contributed by atoms with Crippen molar-refractivity contribution in [3.05, 3.63) is 41.3 Å². The molecule has 1 heterocycles. The van der Waals surface area contributed by atoms with E-state index < -0.39 is 10.00 Å². The highest BCUT2D eigenvalue weighted by atomic mass is 32.2. The van der Waals surface area contributed by atoms with Crippen LogP contribution in [0.4, 0.5) is 0 Å². The molecule has 0 unspecified atom stereocenters. The highest BCUT2D eigenvalue weighted by Crippen LogP contribution is 2.62. The summed E-state index contributed by atoms with van der Waals surface area (Å²) in [5, 5.41) is 10.5. The van der Waals surface area contributed by atoms with E-state index in [-0.39, 0.29) is 23.7 Å². The number of rotatable bonds is 6. The predicted molar refractivity (Wildman–Crippen MR) is 107 cm³/mol. The Labute approximate surface area is 163 Å². The largest absolute Gasteiger partial charge is 0.508 e. The van der Waals surface area contributed by atoms with Crippen LogP contribution >= 0.6 is 23.5 Å². The van der Waals surface area contributed by atoms with Crippen LogP contribution in [0.2, 0.25) is 0 Å². The van der Waals surface area contributed by atoms with Crippen LogP contribution in [0.25, 0.3) is 0 Å². The summed E-state index contributed by atoms with van der Waals surface area (Å²) in [4.78, 5) is 13.1. The minimum absolute atomic E-state index is 0.0282. The number of phenolic OH excluding ortho intramolecular Hbond substituents is 1. The molecule has 0 spiro atoms. The van der Waals surface area contributed by atoms with Gasteiger partial charge in [-0.15, -0.1) is 23.5 Å². The van der Waals surface area contributed by atoms with E-state index in [9.17, 15) is 9.90 Å². The third kappa shape index (κ3) is 3.46. The molecule has 4 nitrogen and oxygen atoms in total. The third-order valence-electron chi connectivity index (χ3n) is 4.27. The summed E-state index contributed by atoms with van der Waals surface area (Å²) in [5.74, 6) is 2.62. The zero-order valence-electron chi connectivity index (χ0n) is 15.7. The van der Waals surface area contributed by atoms with Gasteiger partial charge in [0.25, 0.3) is 0 Å².